The van der Waals surface area contributed by atoms with Gasteiger partial charge in [-0.3, -0.25) is 14.9 Å². The molecule has 0 bridgehead atoms. The average Bonchev–Trinajstić information content (AvgIpc) is 2.78. The molecule has 0 fully saturated rings. The molecule has 31 heavy (non-hydrogen) atoms. The standard InChI is InChI=1S/C24H31N3O4/c1-2-3-4-5-6-7-8-9-17-31-23-15-13-21(14-16-23)24(28)26-25-19-20-11-10-12-22(18-20)27(29)30/h10-16,18-19H,2-9,17H2,1H3,(H,26,28)/b25-19-. The topological polar surface area (TPSA) is 93.8 Å². The van der Waals surface area contributed by atoms with E-state index < -0.39 is 4.92 Å². The van der Waals surface area contributed by atoms with Crippen LogP contribution in [-0.4, -0.2) is 23.7 Å². The molecular formula is C24H31N3O4. The highest BCUT2D eigenvalue weighted by molar-refractivity contribution is 5.95. The van der Waals surface area contributed by atoms with E-state index in [1.807, 2.05) is 0 Å². The molecule has 0 radical (unpaired) electrons. The summed E-state index contributed by atoms with van der Waals surface area (Å²) in [6.45, 7) is 2.90. The van der Waals surface area contributed by atoms with Crippen LogP contribution in [0.25, 0.3) is 0 Å². The van der Waals surface area contributed by atoms with Crippen molar-refractivity contribution in [3.63, 3.8) is 0 Å². The zero-order valence-corrected chi connectivity index (χ0v) is 18.1. The van der Waals surface area contributed by atoms with Crippen LogP contribution in [0.1, 0.15) is 74.2 Å². The van der Waals surface area contributed by atoms with Crippen LogP contribution in [0.5, 0.6) is 5.75 Å². The van der Waals surface area contributed by atoms with Gasteiger partial charge in [-0.15, -0.1) is 0 Å². The van der Waals surface area contributed by atoms with Crippen molar-refractivity contribution in [2.24, 2.45) is 5.10 Å². The van der Waals surface area contributed by atoms with E-state index in [1.54, 1.807) is 36.4 Å². The predicted octanol–water partition coefficient (Wildman–Crippen LogP) is 5.88. The van der Waals surface area contributed by atoms with Gasteiger partial charge in [0, 0.05) is 23.3 Å². The van der Waals surface area contributed by atoms with Crippen LogP contribution >= 0.6 is 0 Å². The van der Waals surface area contributed by atoms with Crippen molar-refractivity contribution in [1.82, 2.24) is 5.43 Å². The molecule has 0 saturated carbocycles. The predicted molar refractivity (Wildman–Crippen MR) is 123 cm³/mol. The Kier molecular flexibility index (Phi) is 10.8. The quantitative estimate of drug-likeness (QED) is 0.177. The van der Waals surface area contributed by atoms with E-state index in [9.17, 15) is 14.9 Å². The number of non-ortho nitro benzene ring substituents is 1. The molecule has 0 heterocycles. The van der Waals surface area contributed by atoms with Crippen LogP contribution in [0.3, 0.4) is 0 Å². The molecule has 0 aliphatic rings. The summed E-state index contributed by atoms with van der Waals surface area (Å²) in [6, 6.07) is 12.9. The molecule has 2 rings (SSSR count). The number of hydrogen-bond donors (Lipinski definition) is 1. The summed E-state index contributed by atoms with van der Waals surface area (Å²) >= 11 is 0. The van der Waals surface area contributed by atoms with Gasteiger partial charge in [-0.2, -0.15) is 5.10 Å². The van der Waals surface area contributed by atoms with Crippen molar-refractivity contribution in [2.45, 2.75) is 58.3 Å². The Morgan fingerprint density at radius 2 is 1.71 bits per heavy atom. The minimum Gasteiger partial charge on any atom is -0.494 e. The highest BCUT2D eigenvalue weighted by Crippen LogP contribution is 2.14. The highest BCUT2D eigenvalue weighted by Gasteiger charge is 2.06. The van der Waals surface area contributed by atoms with Gasteiger partial charge in [-0.25, -0.2) is 5.43 Å². The lowest BCUT2D eigenvalue weighted by Gasteiger charge is -2.07. The van der Waals surface area contributed by atoms with Gasteiger partial charge in [-0.05, 0) is 30.7 Å². The Morgan fingerprint density at radius 3 is 2.39 bits per heavy atom. The number of nitro benzene ring substituents is 1. The number of benzene rings is 2. The van der Waals surface area contributed by atoms with Crippen LogP contribution in [0, 0.1) is 10.1 Å². The maximum Gasteiger partial charge on any atom is 0.271 e. The Labute approximate surface area is 183 Å². The van der Waals surface area contributed by atoms with Crippen molar-refractivity contribution in [3.8, 4) is 5.75 Å². The molecule has 0 aliphatic carbocycles. The lowest BCUT2D eigenvalue weighted by atomic mass is 10.1. The minimum atomic E-state index is -0.478. The number of hydrogen-bond acceptors (Lipinski definition) is 5. The van der Waals surface area contributed by atoms with Crippen LogP contribution in [-0.2, 0) is 0 Å². The van der Waals surface area contributed by atoms with Crippen molar-refractivity contribution in [1.29, 1.82) is 0 Å². The summed E-state index contributed by atoms with van der Waals surface area (Å²) in [6.07, 6.45) is 11.4. The highest BCUT2D eigenvalue weighted by atomic mass is 16.6. The Bertz CT molecular complexity index is 850. The summed E-state index contributed by atoms with van der Waals surface area (Å²) in [4.78, 5) is 22.5. The number of rotatable bonds is 14. The molecule has 166 valence electrons. The Morgan fingerprint density at radius 1 is 1.03 bits per heavy atom. The molecule has 2 aromatic rings. The number of nitro groups is 1. The fourth-order valence-electron chi connectivity index (χ4n) is 3.08. The molecule has 0 aromatic heterocycles. The van der Waals surface area contributed by atoms with E-state index >= 15 is 0 Å². The van der Waals surface area contributed by atoms with Gasteiger partial charge < -0.3 is 4.74 Å². The number of amides is 1. The van der Waals surface area contributed by atoms with Crippen LogP contribution < -0.4 is 10.2 Å². The van der Waals surface area contributed by atoms with E-state index in [0.717, 1.165) is 12.2 Å². The first kappa shape index (κ1) is 24.1. The van der Waals surface area contributed by atoms with E-state index in [0.29, 0.717) is 17.7 Å². The van der Waals surface area contributed by atoms with Crippen molar-refractivity contribution < 1.29 is 14.5 Å². The number of nitrogens with zero attached hydrogens (tertiary/aromatic N) is 2. The number of unbranched alkanes of at least 4 members (excludes halogenated alkanes) is 7. The fraction of sp³-hybridized carbons (Fsp3) is 0.417. The molecule has 1 amide bonds. The molecule has 0 unspecified atom stereocenters. The zero-order valence-electron chi connectivity index (χ0n) is 18.1. The summed E-state index contributed by atoms with van der Waals surface area (Å²) in [5.74, 6) is 0.371. The summed E-state index contributed by atoms with van der Waals surface area (Å²) in [7, 11) is 0. The summed E-state index contributed by atoms with van der Waals surface area (Å²) in [5, 5.41) is 14.6. The van der Waals surface area contributed by atoms with Crippen molar-refractivity contribution in [3.05, 3.63) is 69.8 Å². The Hall–Kier alpha value is -3.22. The van der Waals surface area contributed by atoms with Gasteiger partial charge in [0.05, 0.1) is 17.7 Å². The van der Waals surface area contributed by atoms with Gasteiger partial charge in [0.1, 0.15) is 5.75 Å². The zero-order chi connectivity index (χ0) is 22.3. The summed E-state index contributed by atoms with van der Waals surface area (Å²) < 4.78 is 5.74. The molecular weight excluding hydrogens is 394 g/mol. The van der Waals surface area contributed by atoms with Gasteiger partial charge in [0.15, 0.2) is 0 Å². The Balaban J connectivity index is 1.68. The first-order valence-electron chi connectivity index (χ1n) is 10.9. The minimum absolute atomic E-state index is 0.0298. The number of carbonyl (C=O) groups is 1. The maximum absolute atomic E-state index is 12.2. The van der Waals surface area contributed by atoms with Gasteiger partial charge in [0.25, 0.3) is 11.6 Å². The third kappa shape index (κ3) is 9.42. The number of ether oxygens (including phenoxy) is 1. The van der Waals surface area contributed by atoms with E-state index in [2.05, 4.69) is 17.5 Å². The normalized spacial score (nSPS) is 10.9. The molecule has 7 heteroatoms. The summed E-state index contributed by atoms with van der Waals surface area (Å²) in [5.41, 5.74) is 3.37. The average molecular weight is 426 g/mol. The van der Waals surface area contributed by atoms with Gasteiger partial charge >= 0.3 is 0 Å². The van der Waals surface area contributed by atoms with Gasteiger partial charge in [-0.1, -0.05) is 64.0 Å². The second kappa shape index (κ2) is 13.9. The first-order valence-corrected chi connectivity index (χ1v) is 10.9. The lowest BCUT2D eigenvalue weighted by molar-refractivity contribution is -0.384. The second-order valence-electron chi connectivity index (χ2n) is 7.40. The maximum atomic E-state index is 12.2. The van der Waals surface area contributed by atoms with E-state index in [-0.39, 0.29) is 11.6 Å². The molecule has 7 nitrogen and oxygen atoms in total. The monoisotopic (exact) mass is 425 g/mol. The largest absolute Gasteiger partial charge is 0.494 e. The van der Waals surface area contributed by atoms with E-state index in [1.165, 1.54) is 63.3 Å². The van der Waals surface area contributed by atoms with Crippen molar-refractivity contribution >= 4 is 17.8 Å². The molecule has 2 aromatic carbocycles. The third-order valence-corrected chi connectivity index (χ3v) is 4.84. The molecule has 1 N–H and O–H groups in total. The second-order valence-corrected chi connectivity index (χ2v) is 7.40. The van der Waals surface area contributed by atoms with Gasteiger partial charge in [0.2, 0.25) is 0 Å². The number of nitrogens with one attached hydrogen (secondary N) is 1. The molecule has 0 spiro atoms. The molecule has 0 aliphatic heterocycles. The molecule has 0 saturated heterocycles. The van der Waals surface area contributed by atoms with Crippen molar-refractivity contribution in [2.75, 3.05) is 6.61 Å². The first-order chi connectivity index (χ1) is 15.1. The number of hydrazone groups is 1. The lowest BCUT2D eigenvalue weighted by Crippen LogP contribution is -2.17. The molecule has 0 atom stereocenters. The van der Waals surface area contributed by atoms with Crippen LogP contribution in [0.4, 0.5) is 5.69 Å². The SMILES string of the molecule is CCCCCCCCCCOc1ccc(C(=O)N/N=C\c2cccc([N+](=O)[O-])c2)cc1. The third-order valence-electron chi connectivity index (χ3n) is 4.84. The fourth-order valence-corrected chi connectivity index (χ4v) is 3.08. The van der Waals surface area contributed by atoms with Crippen LogP contribution in [0.2, 0.25) is 0 Å². The smallest absolute Gasteiger partial charge is 0.271 e. The van der Waals surface area contributed by atoms with Crippen LogP contribution in [0.15, 0.2) is 53.6 Å². The number of carbonyl (C=O) groups excluding carboxylic acids is 1. The van der Waals surface area contributed by atoms with E-state index in [4.69, 9.17) is 4.74 Å².